The summed E-state index contributed by atoms with van der Waals surface area (Å²) in [6.07, 6.45) is 5.79. The molecule has 0 saturated carbocycles. The van der Waals surface area contributed by atoms with Crippen molar-refractivity contribution in [3.05, 3.63) is 175 Å². The average Bonchev–Trinajstić information content (AvgIpc) is 3.16. The number of hydrogen-bond donors (Lipinski definition) is 0. The van der Waals surface area contributed by atoms with Crippen LogP contribution in [0, 0.1) is 5.92 Å². The molecule has 9 aromatic rings. The molecule has 0 heteroatoms. The van der Waals surface area contributed by atoms with E-state index in [9.17, 15) is 0 Å². The molecule has 230 valence electrons. The van der Waals surface area contributed by atoms with Crippen molar-refractivity contribution >= 4 is 59.9 Å². The topological polar surface area (TPSA) is 0 Å². The molecule has 0 saturated heterocycles. The maximum Gasteiger partial charge on any atom is -0.00232 e. The van der Waals surface area contributed by atoms with Gasteiger partial charge in [-0.05, 0) is 135 Å². The van der Waals surface area contributed by atoms with E-state index >= 15 is 0 Å². The molecule has 0 fully saturated rings. The smallest absolute Gasteiger partial charge is 0.00232 e. The fraction of sp³-hybridized carbons (Fsp3) is 0.0612. The van der Waals surface area contributed by atoms with Gasteiger partial charge in [-0.25, -0.2) is 0 Å². The maximum atomic E-state index is 2.46. The summed E-state index contributed by atoms with van der Waals surface area (Å²) in [5.74, 6) is 0.503. The van der Waals surface area contributed by atoms with Gasteiger partial charge in [0.1, 0.15) is 0 Å². The molecule has 0 amide bonds. The lowest BCUT2D eigenvalue weighted by Gasteiger charge is -2.25. The van der Waals surface area contributed by atoms with E-state index in [0.717, 1.165) is 6.42 Å². The van der Waals surface area contributed by atoms with Crippen molar-refractivity contribution in [1.82, 2.24) is 0 Å². The molecule has 1 unspecified atom stereocenters. The summed E-state index contributed by atoms with van der Waals surface area (Å²) < 4.78 is 0. The predicted octanol–water partition coefficient (Wildman–Crippen LogP) is 13.7. The van der Waals surface area contributed by atoms with Gasteiger partial charge in [0.2, 0.25) is 0 Å². The highest BCUT2D eigenvalue weighted by Crippen LogP contribution is 2.47. The average molecular weight is 623 g/mol. The highest BCUT2D eigenvalue weighted by atomic mass is 14.3. The SMILES string of the molecule is CC1C=Cc2c(c(-c3c4ccccc4c(-c4ccc5cc(-c6ccc7ccccc7c6)ccc5c4)c4ccccc34)cc3ccccc23)C1. The minimum absolute atomic E-state index is 0.503. The largest absolute Gasteiger partial charge is 0.0807 e. The molecule has 49 heavy (non-hydrogen) atoms. The van der Waals surface area contributed by atoms with Crippen LogP contribution < -0.4 is 0 Å². The second-order valence-electron chi connectivity index (χ2n) is 13.8. The van der Waals surface area contributed by atoms with Crippen molar-refractivity contribution in [3.8, 4) is 33.4 Å². The number of benzene rings is 9. The fourth-order valence-electron chi connectivity index (χ4n) is 8.38. The Labute approximate surface area is 286 Å². The van der Waals surface area contributed by atoms with Crippen molar-refractivity contribution < 1.29 is 0 Å². The van der Waals surface area contributed by atoms with E-state index in [0.29, 0.717) is 5.92 Å². The Morgan fingerprint density at radius 1 is 0.408 bits per heavy atom. The minimum Gasteiger partial charge on any atom is -0.0807 e. The van der Waals surface area contributed by atoms with Crippen LogP contribution in [-0.2, 0) is 6.42 Å². The summed E-state index contributed by atoms with van der Waals surface area (Å²) in [6, 6.07) is 58.7. The van der Waals surface area contributed by atoms with Crippen LogP contribution in [0.25, 0.3) is 93.3 Å². The normalized spacial score (nSPS) is 14.3. The second kappa shape index (κ2) is 11.0. The highest BCUT2D eigenvalue weighted by molar-refractivity contribution is 6.22. The van der Waals surface area contributed by atoms with Crippen LogP contribution in [0.15, 0.2) is 164 Å². The van der Waals surface area contributed by atoms with E-state index in [1.54, 1.807) is 0 Å². The highest BCUT2D eigenvalue weighted by Gasteiger charge is 2.23. The van der Waals surface area contributed by atoms with Gasteiger partial charge in [0, 0.05) is 0 Å². The Balaban J connectivity index is 1.19. The number of fused-ring (bicyclic) bond motifs is 7. The summed E-state index contributed by atoms with van der Waals surface area (Å²) >= 11 is 0. The molecule has 10 rings (SSSR count). The molecule has 0 nitrogen and oxygen atoms in total. The van der Waals surface area contributed by atoms with Gasteiger partial charge in [-0.3, -0.25) is 0 Å². The first kappa shape index (κ1) is 28.1. The van der Waals surface area contributed by atoms with Gasteiger partial charge in [0.05, 0.1) is 0 Å². The molecule has 9 aromatic carbocycles. The standard InChI is InChI=1S/C49H34/c1-31-18-25-41-40-13-5-4-12-38(40)30-47(46(41)26-31)49-44-16-8-6-14-42(44)48(43-15-7-9-17-45(43)49)39-24-23-36-28-35(21-22-37(36)29-39)34-20-19-32-10-2-3-11-33(32)27-34/h2-25,27-31H,26H2,1H3. The first-order chi connectivity index (χ1) is 24.2. The monoisotopic (exact) mass is 622 g/mol. The van der Waals surface area contributed by atoms with Crippen LogP contribution in [0.1, 0.15) is 18.1 Å². The Morgan fingerprint density at radius 2 is 0.878 bits per heavy atom. The van der Waals surface area contributed by atoms with Crippen molar-refractivity contribution in [2.45, 2.75) is 13.3 Å². The molecule has 0 aromatic heterocycles. The van der Waals surface area contributed by atoms with Crippen molar-refractivity contribution in [1.29, 1.82) is 0 Å². The Kier molecular flexibility index (Phi) is 6.33. The summed E-state index contributed by atoms with van der Waals surface area (Å²) in [4.78, 5) is 0. The zero-order chi connectivity index (χ0) is 32.5. The summed E-state index contributed by atoms with van der Waals surface area (Å²) in [5, 5.41) is 12.9. The number of hydrogen-bond acceptors (Lipinski definition) is 0. The Hall–Kier alpha value is -5.98. The van der Waals surface area contributed by atoms with Gasteiger partial charge in [-0.2, -0.15) is 0 Å². The predicted molar refractivity (Wildman–Crippen MR) is 212 cm³/mol. The lowest BCUT2D eigenvalue weighted by Crippen LogP contribution is -2.06. The second-order valence-corrected chi connectivity index (χ2v) is 13.8. The molecule has 0 heterocycles. The number of allylic oxidation sites excluding steroid dienone is 1. The van der Waals surface area contributed by atoms with Gasteiger partial charge >= 0.3 is 0 Å². The first-order valence-corrected chi connectivity index (χ1v) is 17.4. The molecule has 0 radical (unpaired) electrons. The third kappa shape index (κ3) is 4.52. The fourth-order valence-corrected chi connectivity index (χ4v) is 8.38. The van der Waals surface area contributed by atoms with E-state index in [-0.39, 0.29) is 0 Å². The minimum atomic E-state index is 0.503. The van der Waals surface area contributed by atoms with E-state index in [2.05, 4.69) is 177 Å². The van der Waals surface area contributed by atoms with E-state index < -0.39 is 0 Å². The van der Waals surface area contributed by atoms with Crippen LogP contribution in [0.3, 0.4) is 0 Å². The Bertz CT molecular complexity index is 2760. The maximum absolute atomic E-state index is 2.46. The molecule has 0 spiro atoms. The molecule has 0 bridgehead atoms. The molecule has 1 aliphatic carbocycles. The van der Waals surface area contributed by atoms with E-state index in [4.69, 9.17) is 0 Å². The van der Waals surface area contributed by atoms with Crippen LogP contribution in [0.5, 0.6) is 0 Å². The first-order valence-electron chi connectivity index (χ1n) is 17.4. The summed E-state index contributed by atoms with van der Waals surface area (Å²) in [6.45, 7) is 2.34. The molecule has 0 N–H and O–H groups in total. The third-order valence-electron chi connectivity index (χ3n) is 10.7. The zero-order valence-corrected chi connectivity index (χ0v) is 27.5. The summed E-state index contributed by atoms with van der Waals surface area (Å²) in [5.41, 5.74) is 10.6. The van der Waals surface area contributed by atoms with Gasteiger partial charge < -0.3 is 0 Å². The quantitative estimate of drug-likeness (QED) is 0.172. The van der Waals surface area contributed by atoms with Gasteiger partial charge in [0.15, 0.2) is 0 Å². The van der Waals surface area contributed by atoms with E-state index in [1.165, 1.54) is 98.4 Å². The molecular weight excluding hydrogens is 589 g/mol. The van der Waals surface area contributed by atoms with Crippen LogP contribution in [0.2, 0.25) is 0 Å². The molecule has 0 aliphatic heterocycles. The molecule has 1 atom stereocenters. The van der Waals surface area contributed by atoms with Crippen molar-refractivity contribution in [3.63, 3.8) is 0 Å². The summed E-state index contributed by atoms with van der Waals surface area (Å²) in [7, 11) is 0. The van der Waals surface area contributed by atoms with Gasteiger partial charge in [-0.1, -0.05) is 153 Å². The van der Waals surface area contributed by atoms with Gasteiger partial charge in [0.25, 0.3) is 0 Å². The van der Waals surface area contributed by atoms with Crippen LogP contribution in [0.4, 0.5) is 0 Å². The van der Waals surface area contributed by atoms with Crippen LogP contribution >= 0.6 is 0 Å². The zero-order valence-electron chi connectivity index (χ0n) is 27.5. The third-order valence-corrected chi connectivity index (χ3v) is 10.7. The van der Waals surface area contributed by atoms with Crippen LogP contribution in [-0.4, -0.2) is 0 Å². The lowest BCUT2D eigenvalue weighted by molar-refractivity contribution is 0.719. The van der Waals surface area contributed by atoms with Crippen molar-refractivity contribution in [2.24, 2.45) is 5.92 Å². The lowest BCUT2D eigenvalue weighted by atomic mass is 9.79. The van der Waals surface area contributed by atoms with Gasteiger partial charge in [-0.15, -0.1) is 0 Å². The number of rotatable bonds is 3. The van der Waals surface area contributed by atoms with Crippen molar-refractivity contribution in [2.75, 3.05) is 0 Å². The Morgan fingerprint density at radius 3 is 1.53 bits per heavy atom. The molecular formula is C49H34. The molecule has 1 aliphatic rings. The van der Waals surface area contributed by atoms with E-state index in [1.807, 2.05) is 0 Å².